The third kappa shape index (κ3) is 4.40. The number of pyridine rings is 4. The van der Waals surface area contributed by atoms with Crippen molar-refractivity contribution in [2.45, 2.75) is 26.2 Å². The molecule has 0 saturated heterocycles. The van der Waals surface area contributed by atoms with E-state index in [-0.39, 0.29) is 5.91 Å². The number of carbonyl (C=O) groups excluding carboxylic acids is 1. The van der Waals surface area contributed by atoms with Crippen molar-refractivity contribution < 1.29 is 4.79 Å². The van der Waals surface area contributed by atoms with Gasteiger partial charge in [0, 0.05) is 47.7 Å². The minimum Gasteiger partial charge on any atom is -0.336 e. The summed E-state index contributed by atoms with van der Waals surface area (Å²) in [6.45, 7) is 2.06. The number of amides is 1. The second-order valence-electron chi connectivity index (χ2n) is 8.68. The molecule has 0 aromatic carbocycles. The molecule has 0 atom stereocenters. The lowest BCUT2D eigenvalue weighted by atomic mass is 10.1. The van der Waals surface area contributed by atoms with Crippen LogP contribution in [0.15, 0.2) is 67.5 Å². The third-order valence-electron chi connectivity index (χ3n) is 6.10. The maximum Gasteiger partial charge on any atom is 0.224 e. The van der Waals surface area contributed by atoms with Crippen LogP contribution in [0.4, 0.5) is 5.69 Å². The molecule has 0 spiro atoms. The van der Waals surface area contributed by atoms with Gasteiger partial charge in [0.05, 0.1) is 40.5 Å². The van der Waals surface area contributed by atoms with Gasteiger partial charge in [-0.15, -0.1) is 0 Å². The first-order valence-electron chi connectivity index (χ1n) is 12.0. The number of aromatic nitrogens is 8. The van der Waals surface area contributed by atoms with Gasteiger partial charge in [-0.2, -0.15) is 5.10 Å². The van der Waals surface area contributed by atoms with E-state index in [4.69, 9.17) is 4.98 Å². The number of unbranched alkanes of at least 4 members (excludes halogenated alkanes) is 1. The van der Waals surface area contributed by atoms with Crippen LogP contribution in [0.3, 0.4) is 0 Å². The average Bonchev–Trinajstić information content (AvgIpc) is 3.56. The van der Waals surface area contributed by atoms with Crippen molar-refractivity contribution >= 4 is 33.5 Å². The number of aromatic amines is 2. The van der Waals surface area contributed by atoms with Crippen molar-refractivity contribution in [3.8, 4) is 34.0 Å². The van der Waals surface area contributed by atoms with Crippen molar-refractivity contribution in [2.24, 2.45) is 0 Å². The van der Waals surface area contributed by atoms with E-state index in [0.29, 0.717) is 29.3 Å². The maximum atomic E-state index is 12.2. The SMILES string of the molecule is CCCCC(=O)Nc1cncc(-c2cc3c(-c4nc5c(-c6ccncc6)nccc5[nH]4)n[nH]c3cn2)c1. The van der Waals surface area contributed by atoms with Gasteiger partial charge in [-0.05, 0) is 36.8 Å². The van der Waals surface area contributed by atoms with Crippen LogP contribution in [-0.4, -0.2) is 46.0 Å². The largest absolute Gasteiger partial charge is 0.336 e. The molecule has 37 heavy (non-hydrogen) atoms. The van der Waals surface area contributed by atoms with Crippen LogP contribution in [0.2, 0.25) is 0 Å². The summed E-state index contributed by atoms with van der Waals surface area (Å²) in [5.74, 6) is 0.601. The normalized spacial score (nSPS) is 11.3. The highest BCUT2D eigenvalue weighted by Gasteiger charge is 2.17. The number of hydrogen-bond donors (Lipinski definition) is 3. The fourth-order valence-corrected chi connectivity index (χ4v) is 4.23. The zero-order chi connectivity index (χ0) is 25.2. The van der Waals surface area contributed by atoms with Gasteiger partial charge in [0.15, 0.2) is 5.82 Å². The molecule has 0 aliphatic rings. The molecule has 0 fully saturated rings. The predicted molar refractivity (Wildman–Crippen MR) is 141 cm³/mol. The molecule has 0 saturated carbocycles. The molecular weight excluding hydrogens is 466 g/mol. The first-order chi connectivity index (χ1) is 18.2. The standard InChI is InChI=1S/C27H23N9O/c1-2-3-4-23(37)32-18-11-17(13-29-14-18)21-12-19-22(15-31-21)35-36-25(19)27-33-20-7-10-30-24(26(20)34-27)16-5-8-28-9-6-16/h5-15H,2-4H2,1H3,(H,32,37)(H,33,34)(H,35,36). The van der Waals surface area contributed by atoms with Crippen LogP contribution in [-0.2, 0) is 4.79 Å². The molecule has 0 unspecified atom stereocenters. The Morgan fingerprint density at radius 3 is 2.68 bits per heavy atom. The molecule has 182 valence electrons. The van der Waals surface area contributed by atoms with E-state index in [2.05, 4.69) is 47.4 Å². The van der Waals surface area contributed by atoms with E-state index in [1.807, 2.05) is 30.3 Å². The molecule has 3 N–H and O–H groups in total. The zero-order valence-electron chi connectivity index (χ0n) is 20.1. The van der Waals surface area contributed by atoms with E-state index in [1.165, 1.54) is 0 Å². The highest BCUT2D eigenvalue weighted by molar-refractivity contribution is 5.97. The molecule has 0 bridgehead atoms. The van der Waals surface area contributed by atoms with Gasteiger partial charge in [0.2, 0.25) is 5.91 Å². The number of H-pyrrole nitrogens is 2. The van der Waals surface area contributed by atoms with Gasteiger partial charge in [0.1, 0.15) is 11.2 Å². The summed E-state index contributed by atoms with van der Waals surface area (Å²) in [5, 5.41) is 11.3. The Bertz CT molecular complexity index is 1720. The molecule has 0 aliphatic heterocycles. The highest BCUT2D eigenvalue weighted by atomic mass is 16.1. The lowest BCUT2D eigenvalue weighted by molar-refractivity contribution is -0.116. The molecular formula is C27H23N9O. The van der Waals surface area contributed by atoms with Crippen LogP contribution < -0.4 is 5.32 Å². The van der Waals surface area contributed by atoms with Crippen molar-refractivity contribution in [1.29, 1.82) is 0 Å². The summed E-state index contributed by atoms with van der Waals surface area (Å²) in [5.41, 5.74) is 6.92. The lowest BCUT2D eigenvalue weighted by Crippen LogP contribution is -2.11. The van der Waals surface area contributed by atoms with Crippen LogP contribution in [0.1, 0.15) is 26.2 Å². The van der Waals surface area contributed by atoms with Crippen LogP contribution in [0.25, 0.3) is 56.0 Å². The van der Waals surface area contributed by atoms with Crippen molar-refractivity contribution in [2.75, 3.05) is 5.32 Å². The van der Waals surface area contributed by atoms with Gasteiger partial charge >= 0.3 is 0 Å². The van der Waals surface area contributed by atoms with Crippen molar-refractivity contribution in [3.63, 3.8) is 0 Å². The maximum absolute atomic E-state index is 12.2. The number of fused-ring (bicyclic) bond motifs is 2. The Labute approximate surface area is 211 Å². The van der Waals surface area contributed by atoms with Gasteiger partial charge in [0.25, 0.3) is 0 Å². The number of carbonyl (C=O) groups is 1. The third-order valence-corrected chi connectivity index (χ3v) is 6.10. The summed E-state index contributed by atoms with van der Waals surface area (Å²) in [7, 11) is 0. The molecule has 6 aromatic heterocycles. The fraction of sp³-hybridized carbons (Fsp3) is 0.148. The van der Waals surface area contributed by atoms with E-state index < -0.39 is 0 Å². The number of nitrogens with one attached hydrogen (secondary N) is 3. The molecule has 1 amide bonds. The van der Waals surface area contributed by atoms with Crippen molar-refractivity contribution in [1.82, 2.24) is 40.1 Å². The van der Waals surface area contributed by atoms with Crippen molar-refractivity contribution in [3.05, 3.63) is 67.5 Å². The Balaban J connectivity index is 1.37. The highest BCUT2D eigenvalue weighted by Crippen LogP contribution is 2.31. The first kappa shape index (κ1) is 22.5. The molecule has 6 rings (SSSR count). The predicted octanol–water partition coefficient (Wildman–Crippen LogP) is 5.15. The Kier molecular flexibility index (Phi) is 5.81. The lowest BCUT2D eigenvalue weighted by Gasteiger charge is -2.07. The number of nitrogens with zero attached hydrogens (tertiary/aromatic N) is 6. The van der Waals surface area contributed by atoms with Crippen LogP contribution >= 0.6 is 0 Å². The Hall–Kier alpha value is -4.99. The topological polar surface area (TPSA) is 138 Å². The summed E-state index contributed by atoms with van der Waals surface area (Å²) in [4.78, 5) is 37.9. The summed E-state index contributed by atoms with van der Waals surface area (Å²) in [6.07, 6.45) is 12.6. The fourth-order valence-electron chi connectivity index (χ4n) is 4.23. The number of rotatable bonds is 7. The molecule has 0 radical (unpaired) electrons. The van der Waals surface area contributed by atoms with E-state index >= 15 is 0 Å². The van der Waals surface area contributed by atoms with E-state index in [9.17, 15) is 4.79 Å². The molecule has 0 aliphatic carbocycles. The van der Waals surface area contributed by atoms with Gasteiger partial charge < -0.3 is 10.3 Å². The number of anilines is 1. The monoisotopic (exact) mass is 489 g/mol. The molecule has 10 heteroatoms. The van der Waals surface area contributed by atoms with Gasteiger partial charge in [-0.25, -0.2) is 4.98 Å². The molecule has 10 nitrogen and oxygen atoms in total. The molecule has 6 heterocycles. The zero-order valence-corrected chi connectivity index (χ0v) is 20.1. The Morgan fingerprint density at radius 1 is 0.919 bits per heavy atom. The quantitative estimate of drug-likeness (QED) is 0.282. The van der Waals surface area contributed by atoms with E-state index in [1.54, 1.807) is 37.2 Å². The average molecular weight is 490 g/mol. The van der Waals surface area contributed by atoms with Gasteiger partial charge in [-0.3, -0.25) is 29.8 Å². The second kappa shape index (κ2) is 9.57. The summed E-state index contributed by atoms with van der Waals surface area (Å²) in [6, 6.07) is 9.53. The first-order valence-corrected chi connectivity index (χ1v) is 12.0. The van der Waals surface area contributed by atoms with E-state index in [0.717, 1.165) is 51.6 Å². The smallest absolute Gasteiger partial charge is 0.224 e. The Morgan fingerprint density at radius 2 is 1.81 bits per heavy atom. The summed E-state index contributed by atoms with van der Waals surface area (Å²) < 4.78 is 0. The second-order valence-corrected chi connectivity index (χ2v) is 8.68. The summed E-state index contributed by atoms with van der Waals surface area (Å²) >= 11 is 0. The number of hydrogen-bond acceptors (Lipinski definition) is 7. The van der Waals surface area contributed by atoms with Crippen LogP contribution in [0.5, 0.6) is 0 Å². The van der Waals surface area contributed by atoms with Crippen LogP contribution in [0, 0.1) is 0 Å². The molecule has 6 aromatic rings. The number of imidazole rings is 1. The van der Waals surface area contributed by atoms with Gasteiger partial charge in [-0.1, -0.05) is 13.3 Å². The minimum absolute atomic E-state index is 0.0214. The minimum atomic E-state index is -0.0214.